The summed E-state index contributed by atoms with van der Waals surface area (Å²) in [5.41, 5.74) is 10.6. The predicted molar refractivity (Wildman–Crippen MR) is 258 cm³/mol. The topological polar surface area (TPSA) is 3.24 Å². The van der Waals surface area contributed by atoms with Crippen molar-refractivity contribution in [3.05, 3.63) is 212 Å². The highest BCUT2D eigenvalue weighted by atomic mass is 32.1. The molecule has 2 aromatic heterocycles. The van der Waals surface area contributed by atoms with Crippen LogP contribution in [0, 0.1) is 0 Å². The van der Waals surface area contributed by atoms with Crippen molar-refractivity contribution in [3.8, 4) is 33.4 Å². The van der Waals surface area contributed by atoms with Crippen molar-refractivity contribution in [2.75, 3.05) is 4.90 Å². The third kappa shape index (κ3) is 5.58. The molecule has 0 spiro atoms. The summed E-state index contributed by atoms with van der Waals surface area (Å²) in [6.07, 6.45) is 0. The van der Waals surface area contributed by atoms with Crippen LogP contribution in [0.3, 0.4) is 0 Å². The summed E-state index contributed by atoms with van der Waals surface area (Å²) in [6.45, 7) is 0. The Bertz CT molecular complexity index is 3580. The predicted octanol–water partition coefficient (Wildman–Crippen LogP) is 17.2. The minimum absolute atomic E-state index is 1.11. The van der Waals surface area contributed by atoms with Gasteiger partial charge >= 0.3 is 0 Å². The van der Waals surface area contributed by atoms with Crippen molar-refractivity contribution in [1.29, 1.82) is 0 Å². The van der Waals surface area contributed by atoms with E-state index in [1.54, 1.807) is 0 Å². The highest BCUT2D eigenvalue weighted by Crippen LogP contribution is 2.50. The van der Waals surface area contributed by atoms with Gasteiger partial charge in [0.05, 0.1) is 11.4 Å². The molecule has 0 aliphatic heterocycles. The van der Waals surface area contributed by atoms with Crippen LogP contribution in [0.1, 0.15) is 0 Å². The van der Waals surface area contributed by atoms with Gasteiger partial charge in [-0.1, -0.05) is 164 Å². The average molecular weight is 786 g/mol. The summed E-state index contributed by atoms with van der Waals surface area (Å²) in [5.74, 6) is 0. The zero-order valence-corrected chi connectivity index (χ0v) is 33.6. The smallest absolute Gasteiger partial charge is 0.0555 e. The highest BCUT2D eigenvalue weighted by molar-refractivity contribution is 7.26. The number of benzene rings is 10. The molecule has 0 fully saturated rings. The summed E-state index contributed by atoms with van der Waals surface area (Å²) in [4.78, 5) is 2.53. The van der Waals surface area contributed by atoms with Crippen LogP contribution in [0.2, 0.25) is 0 Å². The van der Waals surface area contributed by atoms with E-state index in [2.05, 4.69) is 217 Å². The lowest BCUT2D eigenvalue weighted by molar-refractivity contribution is 1.30. The molecule has 0 saturated heterocycles. The van der Waals surface area contributed by atoms with E-state index in [1.807, 2.05) is 22.7 Å². The average Bonchev–Trinajstić information content (AvgIpc) is 3.88. The maximum Gasteiger partial charge on any atom is 0.0555 e. The number of hydrogen-bond acceptors (Lipinski definition) is 3. The van der Waals surface area contributed by atoms with E-state index in [0.29, 0.717) is 0 Å². The fraction of sp³-hybridized carbons (Fsp3) is 0. The lowest BCUT2D eigenvalue weighted by Gasteiger charge is -2.30. The van der Waals surface area contributed by atoms with Gasteiger partial charge in [0.2, 0.25) is 0 Å². The first-order chi connectivity index (χ1) is 29.3. The second kappa shape index (κ2) is 13.8. The van der Waals surface area contributed by atoms with Gasteiger partial charge in [-0.2, -0.15) is 0 Å². The Morgan fingerprint density at radius 1 is 0.305 bits per heavy atom. The van der Waals surface area contributed by atoms with E-state index in [-0.39, 0.29) is 0 Å². The van der Waals surface area contributed by atoms with Gasteiger partial charge < -0.3 is 4.90 Å². The molecule has 0 atom stereocenters. The van der Waals surface area contributed by atoms with Crippen molar-refractivity contribution in [1.82, 2.24) is 0 Å². The molecule has 10 aromatic carbocycles. The van der Waals surface area contributed by atoms with Gasteiger partial charge in [0.25, 0.3) is 0 Å². The standard InChI is InChI=1S/C56H35NS2/c1-2-15-36(16-3-1)42-32-31-39(49-34-38-17-4-5-20-41(38)44-21-6-7-22-45(44)49)35-51(42)57(50-27-14-30-54-55(50)48-24-9-11-29-53(48)58-54)40-19-12-18-37(33-40)43-25-13-26-47-46-23-8-10-28-52(46)59-56(43)47/h1-35H. The molecule has 2 heterocycles. The van der Waals surface area contributed by atoms with Crippen molar-refractivity contribution in [3.63, 3.8) is 0 Å². The molecule has 0 aliphatic carbocycles. The monoisotopic (exact) mass is 785 g/mol. The summed E-state index contributed by atoms with van der Waals surface area (Å²) in [5, 5.41) is 10.2. The number of rotatable bonds is 6. The number of anilines is 3. The van der Waals surface area contributed by atoms with Crippen LogP contribution >= 0.6 is 22.7 Å². The molecule has 0 aliphatic rings. The lowest BCUT2D eigenvalue weighted by Crippen LogP contribution is -2.12. The molecule has 3 heteroatoms. The van der Waals surface area contributed by atoms with Crippen LogP contribution in [-0.4, -0.2) is 0 Å². The van der Waals surface area contributed by atoms with E-state index in [9.17, 15) is 0 Å². The molecule has 0 saturated carbocycles. The molecule has 0 unspecified atom stereocenters. The van der Waals surface area contributed by atoms with Gasteiger partial charge in [-0.25, -0.2) is 0 Å². The summed E-state index contributed by atoms with van der Waals surface area (Å²) in [7, 11) is 0. The van der Waals surface area contributed by atoms with Gasteiger partial charge in [-0.3, -0.25) is 0 Å². The number of hydrogen-bond donors (Lipinski definition) is 0. The summed E-state index contributed by atoms with van der Waals surface area (Å²) in [6, 6.07) is 78.4. The van der Waals surface area contributed by atoms with Crippen LogP contribution in [0.25, 0.3) is 95.3 Å². The van der Waals surface area contributed by atoms with E-state index in [1.165, 1.54) is 95.3 Å². The zero-order chi connectivity index (χ0) is 38.9. The van der Waals surface area contributed by atoms with Crippen LogP contribution in [0.15, 0.2) is 212 Å². The molecule has 0 bridgehead atoms. The van der Waals surface area contributed by atoms with E-state index >= 15 is 0 Å². The second-order valence-corrected chi connectivity index (χ2v) is 17.3. The van der Waals surface area contributed by atoms with Crippen LogP contribution in [0.5, 0.6) is 0 Å². The number of fused-ring (bicyclic) bond motifs is 9. The second-order valence-electron chi connectivity index (χ2n) is 15.2. The van der Waals surface area contributed by atoms with Gasteiger partial charge in [-0.05, 0) is 97.9 Å². The maximum absolute atomic E-state index is 2.53. The van der Waals surface area contributed by atoms with Crippen molar-refractivity contribution < 1.29 is 0 Å². The van der Waals surface area contributed by atoms with Crippen molar-refractivity contribution in [2.24, 2.45) is 0 Å². The minimum atomic E-state index is 1.11. The minimum Gasteiger partial charge on any atom is -0.309 e. The van der Waals surface area contributed by atoms with Crippen LogP contribution < -0.4 is 4.90 Å². The fourth-order valence-electron chi connectivity index (χ4n) is 9.18. The van der Waals surface area contributed by atoms with Crippen molar-refractivity contribution in [2.45, 2.75) is 0 Å². The number of thiophene rings is 2. The van der Waals surface area contributed by atoms with Crippen LogP contribution in [-0.2, 0) is 0 Å². The molecule has 0 amide bonds. The first-order valence-corrected chi connectivity index (χ1v) is 21.7. The van der Waals surface area contributed by atoms with Crippen LogP contribution in [0.4, 0.5) is 17.1 Å². The van der Waals surface area contributed by atoms with Gasteiger partial charge in [0.1, 0.15) is 0 Å². The Labute approximate surface area is 350 Å². The van der Waals surface area contributed by atoms with Gasteiger partial charge in [-0.15, -0.1) is 22.7 Å². The maximum atomic E-state index is 2.53. The summed E-state index contributed by atoms with van der Waals surface area (Å²) >= 11 is 3.75. The van der Waals surface area contributed by atoms with E-state index < -0.39 is 0 Å². The largest absolute Gasteiger partial charge is 0.309 e. The SMILES string of the molecule is c1ccc(-c2ccc(-c3cc4ccccc4c4ccccc34)cc2N(c2cccc(-c3cccc4c3sc3ccccc34)c2)c2cccc3sc4ccccc4c23)cc1. The first-order valence-electron chi connectivity index (χ1n) is 20.1. The summed E-state index contributed by atoms with van der Waals surface area (Å²) < 4.78 is 5.20. The Morgan fingerprint density at radius 3 is 1.80 bits per heavy atom. The first kappa shape index (κ1) is 34.0. The molecule has 1 nitrogen and oxygen atoms in total. The van der Waals surface area contributed by atoms with Gasteiger partial charge in [0, 0.05) is 51.6 Å². The molecule has 12 rings (SSSR count). The Hall–Kier alpha value is -7.04. The van der Waals surface area contributed by atoms with E-state index in [4.69, 9.17) is 0 Å². The third-order valence-corrected chi connectivity index (χ3v) is 14.2. The fourth-order valence-corrected chi connectivity index (χ4v) is 11.5. The molecule has 0 radical (unpaired) electrons. The van der Waals surface area contributed by atoms with Gasteiger partial charge in [0.15, 0.2) is 0 Å². The molecule has 59 heavy (non-hydrogen) atoms. The van der Waals surface area contributed by atoms with Crippen molar-refractivity contribution >= 4 is 102 Å². The molecule has 276 valence electrons. The number of nitrogens with zero attached hydrogens (tertiary/aromatic N) is 1. The Morgan fingerprint density at radius 2 is 0.932 bits per heavy atom. The zero-order valence-electron chi connectivity index (χ0n) is 32.0. The molecule has 0 N–H and O–H groups in total. The quantitative estimate of drug-likeness (QED) is 0.152. The Balaban J connectivity index is 1.16. The highest BCUT2D eigenvalue weighted by Gasteiger charge is 2.23. The Kier molecular flexibility index (Phi) is 7.97. The lowest BCUT2D eigenvalue weighted by atomic mass is 9.91. The molecular weight excluding hydrogens is 751 g/mol. The molecule has 12 aromatic rings. The molecular formula is C56H35NS2. The third-order valence-electron chi connectivity index (χ3n) is 11.8. The normalized spacial score (nSPS) is 11.7. The van der Waals surface area contributed by atoms with E-state index in [0.717, 1.165) is 17.1 Å².